The molecule has 0 aliphatic carbocycles. The number of pyridine rings is 3. The summed E-state index contributed by atoms with van der Waals surface area (Å²) < 4.78 is 3.01. The predicted octanol–water partition coefficient (Wildman–Crippen LogP) is 17.2. The quantitative estimate of drug-likeness (QED) is 0.145. The topological polar surface area (TPSA) is 38.7 Å². The summed E-state index contributed by atoms with van der Waals surface area (Å²) in [6.07, 6.45) is 5.50. The normalized spacial score (nSPS) is 11.1. The van der Waals surface area contributed by atoms with E-state index in [1.54, 1.807) is 0 Å². The minimum Gasteiger partial charge on any atom is -0.256 e. The first-order valence-corrected chi connectivity index (χ1v) is 22.9. The van der Waals surface area contributed by atoms with E-state index in [9.17, 15) is 0 Å². The summed E-state index contributed by atoms with van der Waals surface area (Å²) in [4.78, 5) is 13.8. The molecule has 0 saturated carbocycles. The van der Waals surface area contributed by atoms with Gasteiger partial charge < -0.3 is 0 Å². The Balaban J connectivity index is 1.15. The third kappa shape index (κ3) is 8.38. The molecule has 0 atom stereocenters. The van der Waals surface area contributed by atoms with Crippen LogP contribution in [0.25, 0.3) is 101 Å². The lowest BCUT2D eigenvalue weighted by Gasteiger charge is -2.19. The lowest BCUT2D eigenvalue weighted by Crippen LogP contribution is -1.93. The molecule has 10 aromatic rings. The Morgan fingerprint density at radius 1 is 0.222 bits per heavy atom. The molecule has 0 saturated heterocycles. The molecular weight excluding hydrogens is 966 g/mol. The van der Waals surface area contributed by atoms with Gasteiger partial charge in [-0.05, 0) is 140 Å². The van der Waals surface area contributed by atoms with Crippen LogP contribution in [0.15, 0.2) is 232 Å². The molecular formula is C57H36Br3N3. The number of nitrogens with zero attached hydrogens (tertiary/aromatic N) is 3. The fourth-order valence-electron chi connectivity index (χ4n) is 8.28. The second-order valence-corrected chi connectivity index (χ2v) is 17.7. The van der Waals surface area contributed by atoms with Gasteiger partial charge in [0.15, 0.2) is 0 Å². The van der Waals surface area contributed by atoms with Crippen LogP contribution in [-0.4, -0.2) is 15.0 Å². The summed E-state index contributed by atoms with van der Waals surface area (Å²) in [7, 11) is 0. The van der Waals surface area contributed by atoms with Crippen LogP contribution in [0.2, 0.25) is 0 Å². The maximum Gasteiger partial charge on any atom is 0.0702 e. The van der Waals surface area contributed by atoms with Gasteiger partial charge in [-0.15, -0.1) is 0 Å². The fraction of sp³-hybridized carbons (Fsp3) is 0. The predicted molar refractivity (Wildman–Crippen MR) is 272 cm³/mol. The Morgan fingerprint density at radius 2 is 0.492 bits per heavy atom. The monoisotopic (exact) mass is 999 g/mol. The number of halogens is 3. The van der Waals surface area contributed by atoms with Gasteiger partial charge in [-0.25, -0.2) is 0 Å². The van der Waals surface area contributed by atoms with Crippen LogP contribution < -0.4 is 0 Å². The number of rotatable bonds is 9. The van der Waals surface area contributed by atoms with Gasteiger partial charge in [0.25, 0.3) is 0 Å². The van der Waals surface area contributed by atoms with Crippen LogP contribution in [0.1, 0.15) is 0 Å². The Hall–Kier alpha value is -6.57. The maximum atomic E-state index is 4.61. The molecule has 0 spiro atoms. The fourth-order valence-corrected chi connectivity index (χ4v) is 10.1. The molecule has 7 aromatic carbocycles. The molecule has 0 fully saturated rings. The maximum absolute atomic E-state index is 4.61. The van der Waals surface area contributed by atoms with Gasteiger partial charge in [0.2, 0.25) is 0 Å². The molecule has 3 nitrogen and oxygen atoms in total. The van der Waals surface area contributed by atoms with E-state index in [1.807, 2.05) is 73.2 Å². The molecule has 0 N–H and O–H groups in total. The number of hydrogen-bond donors (Lipinski definition) is 0. The molecule has 3 heterocycles. The molecule has 0 radical (unpaired) electrons. The average molecular weight is 1000 g/mol. The van der Waals surface area contributed by atoms with Gasteiger partial charge >= 0.3 is 0 Å². The molecule has 0 aliphatic rings. The Bertz CT molecular complexity index is 2900. The van der Waals surface area contributed by atoms with Crippen molar-refractivity contribution in [2.24, 2.45) is 0 Å². The van der Waals surface area contributed by atoms with Crippen LogP contribution in [-0.2, 0) is 0 Å². The Morgan fingerprint density at radius 3 is 0.746 bits per heavy atom. The van der Waals surface area contributed by atoms with Crippen molar-refractivity contribution in [2.45, 2.75) is 0 Å². The smallest absolute Gasteiger partial charge is 0.0702 e. The SMILES string of the molecule is Brc1cc(-c2ccccn2)ccc1-c1ccccc1-c1cc(-c2ccccc2-c2ccc(-c3ccccn3)cc2Br)cc(-c2ccccc2-c2ccc(-c3ccccn3)cc2Br)c1. The molecule has 6 heteroatoms. The van der Waals surface area contributed by atoms with Crippen LogP contribution in [0, 0.1) is 0 Å². The molecule has 0 aliphatic heterocycles. The molecule has 10 rings (SSSR count). The highest BCUT2D eigenvalue weighted by Crippen LogP contribution is 2.45. The van der Waals surface area contributed by atoms with Gasteiger partial charge in [0.05, 0.1) is 17.1 Å². The summed E-state index contributed by atoms with van der Waals surface area (Å²) >= 11 is 11.9. The van der Waals surface area contributed by atoms with Crippen molar-refractivity contribution in [2.75, 3.05) is 0 Å². The van der Waals surface area contributed by atoms with Gasteiger partial charge in [0, 0.05) is 48.7 Å². The van der Waals surface area contributed by atoms with E-state index in [4.69, 9.17) is 0 Å². The van der Waals surface area contributed by atoms with Gasteiger partial charge in [-0.2, -0.15) is 0 Å². The summed E-state index contributed by atoms with van der Waals surface area (Å²) in [6.45, 7) is 0. The molecule has 3 aromatic heterocycles. The minimum atomic E-state index is 0.934. The standard InChI is InChI=1S/C57H36Br3N3/c58-52-34-37(55-19-7-10-28-61-55)22-25-49(52)46-16-4-1-13-43(46)40-31-41(44-14-2-5-17-47(44)50-26-23-38(35-53(50)59)56-20-8-11-29-62-56)33-42(32-40)45-15-3-6-18-48(45)51-27-24-39(36-54(51)60)57-21-9-12-30-63-57/h1-36H. The van der Waals surface area contributed by atoms with E-state index in [0.29, 0.717) is 0 Å². The largest absolute Gasteiger partial charge is 0.256 e. The van der Waals surface area contributed by atoms with Gasteiger partial charge in [0.1, 0.15) is 0 Å². The van der Waals surface area contributed by atoms with Gasteiger partial charge in [-0.3, -0.25) is 15.0 Å². The first-order chi connectivity index (χ1) is 31.0. The third-order valence-electron chi connectivity index (χ3n) is 11.3. The van der Waals surface area contributed by atoms with Crippen LogP contribution in [0.5, 0.6) is 0 Å². The summed E-state index contributed by atoms with van der Waals surface area (Å²) in [5, 5.41) is 0. The van der Waals surface area contributed by atoms with Crippen molar-refractivity contribution in [3.05, 3.63) is 232 Å². The molecule has 0 amide bonds. The molecule has 300 valence electrons. The van der Waals surface area contributed by atoms with E-state index < -0.39 is 0 Å². The van der Waals surface area contributed by atoms with Crippen molar-refractivity contribution >= 4 is 47.8 Å². The second kappa shape index (κ2) is 18.0. The molecule has 0 unspecified atom stereocenters. The van der Waals surface area contributed by atoms with Crippen molar-refractivity contribution in [3.8, 4) is 101 Å². The molecule has 63 heavy (non-hydrogen) atoms. The third-order valence-corrected chi connectivity index (χ3v) is 13.3. The summed E-state index contributed by atoms with van der Waals surface area (Å²) in [5.74, 6) is 0. The number of hydrogen-bond acceptors (Lipinski definition) is 3. The van der Waals surface area contributed by atoms with Gasteiger partial charge in [-0.1, -0.05) is 175 Å². The van der Waals surface area contributed by atoms with E-state index in [1.165, 1.54) is 0 Å². The van der Waals surface area contributed by atoms with E-state index in [-0.39, 0.29) is 0 Å². The zero-order chi connectivity index (χ0) is 42.7. The zero-order valence-corrected chi connectivity index (χ0v) is 38.5. The Kier molecular flexibility index (Phi) is 11.6. The van der Waals surface area contributed by atoms with Crippen molar-refractivity contribution < 1.29 is 0 Å². The lowest BCUT2D eigenvalue weighted by molar-refractivity contribution is 1.32. The Labute approximate surface area is 392 Å². The second-order valence-electron chi connectivity index (χ2n) is 15.2. The summed E-state index contributed by atoms with van der Waals surface area (Å²) in [5.41, 5.74) is 19.4. The number of benzene rings is 7. The van der Waals surface area contributed by atoms with E-state index in [2.05, 4.69) is 208 Å². The van der Waals surface area contributed by atoms with E-state index >= 15 is 0 Å². The van der Waals surface area contributed by atoms with Crippen molar-refractivity contribution in [1.29, 1.82) is 0 Å². The van der Waals surface area contributed by atoms with Crippen molar-refractivity contribution in [3.63, 3.8) is 0 Å². The van der Waals surface area contributed by atoms with Crippen LogP contribution in [0.4, 0.5) is 0 Å². The zero-order valence-electron chi connectivity index (χ0n) is 33.8. The average Bonchev–Trinajstić information content (AvgIpc) is 3.34. The molecule has 0 bridgehead atoms. The van der Waals surface area contributed by atoms with Crippen LogP contribution >= 0.6 is 47.8 Å². The summed E-state index contributed by atoms with van der Waals surface area (Å²) in [6, 6.07) is 70.6. The van der Waals surface area contributed by atoms with E-state index in [0.717, 1.165) is 114 Å². The first kappa shape index (κ1) is 40.5. The van der Waals surface area contributed by atoms with Crippen LogP contribution in [0.3, 0.4) is 0 Å². The first-order valence-electron chi connectivity index (χ1n) is 20.6. The minimum absolute atomic E-state index is 0.934. The number of aromatic nitrogens is 3. The lowest BCUT2D eigenvalue weighted by atomic mass is 9.86. The van der Waals surface area contributed by atoms with Crippen molar-refractivity contribution in [1.82, 2.24) is 15.0 Å². The highest BCUT2D eigenvalue weighted by molar-refractivity contribution is 9.11. The highest BCUT2D eigenvalue weighted by Gasteiger charge is 2.19. The highest BCUT2D eigenvalue weighted by atomic mass is 79.9.